The van der Waals surface area contributed by atoms with Gasteiger partial charge >= 0.3 is 0 Å². The SMILES string of the molecule is C=CCn1c(=O)c2ccccc2n2c(SC(C)C(=O)C34CC5CC(CC(C5)C3)C4)nnc12. The number of para-hydroxylation sites is 1. The average Bonchev–Trinajstić information content (AvgIpc) is 3.18. The summed E-state index contributed by atoms with van der Waals surface area (Å²) in [6, 6.07) is 7.53. The highest BCUT2D eigenvalue weighted by molar-refractivity contribution is 8.00. The number of nitrogens with zero attached hydrogens (tertiary/aromatic N) is 4. The Kier molecular flexibility index (Phi) is 4.61. The molecule has 4 saturated carbocycles. The molecule has 0 saturated heterocycles. The van der Waals surface area contributed by atoms with E-state index >= 15 is 0 Å². The third kappa shape index (κ3) is 2.93. The van der Waals surface area contributed by atoms with Gasteiger partial charge < -0.3 is 0 Å². The normalized spacial score (nSPS) is 29.6. The quantitative estimate of drug-likeness (QED) is 0.410. The molecule has 2 aromatic heterocycles. The van der Waals surface area contributed by atoms with Crippen LogP contribution in [-0.4, -0.2) is 30.2 Å². The number of allylic oxidation sites excluding steroid dienone is 1. The fourth-order valence-electron chi connectivity index (χ4n) is 7.16. The lowest BCUT2D eigenvalue weighted by Crippen LogP contribution is -2.51. The molecule has 6 nitrogen and oxygen atoms in total. The predicted molar refractivity (Wildman–Crippen MR) is 126 cm³/mol. The van der Waals surface area contributed by atoms with E-state index in [1.165, 1.54) is 31.0 Å². The molecule has 166 valence electrons. The van der Waals surface area contributed by atoms with Crippen LogP contribution in [0.4, 0.5) is 0 Å². The summed E-state index contributed by atoms with van der Waals surface area (Å²) in [6.07, 6.45) is 8.90. The molecule has 0 radical (unpaired) electrons. The summed E-state index contributed by atoms with van der Waals surface area (Å²) >= 11 is 1.48. The highest BCUT2D eigenvalue weighted by Crippen LogP contribution is 2.61. The van der Waals surface area contributed by atoms with Crippen molar-refractivity contribution in [2.45, 2.75) is 62.4 Å². The molecule has 4 fully saturated rings. The fourth-order valence-corrected chi connectivity index (χ4v) is 8.21. The fraction of sp³-hybridized carbons (Fsp3) is 0.520. The first-order chi connectivity index (χ1) is 15.5. The maximum Gasteiger partial charge on any atom is 0.263 e. The number of rotatable bonds is 6. The molecule has 0 spiro atoms. The lowest BCUT2D eigenvalue weighted by molar-refractivity contribution is -0.142. The number of carbonyl (C=O) groups excluding carboxylic acids is 1. The van der Waals surface area contributed by atoms with Gasteiger partial charge in [-0.3, -0.25) is 18.6 Å². The number of Topliss-reactive ketones (excluding diaryl/α,β-unsaturated/α-hetero) is 1. The molecule has 4 bridgehead atoms. The van der Waals surface area contributed by atoms with Gasteiger partial charge in [0.2, 0.25) is 5.78 Å². The molecule has 2 heterocycles. The number of fused-ring (bicyclic) bond motifs is 3. The summed E-state index contributed by atoms with van der Waals surface area (Å²) in [7, 11) is 0. The van der Waals surface area contributed by atoms with E-state index in [4.69, 9.17) is 0 Å². The molecule has 1 unspecified atom stereocenters. The Bertz CT molecular complexity index is 1270. The number of carbonyl (C=O) groups is 1. The first-order valence-corrected chi connectivity index (χ1v) is 12.6. The Hall–Kier alpha value is -2.41. The lowest BCUT2D eigenvalue weighted by atomic mass is 9.48. The van der Waals surface area contributed by atoms with E-state index in [0.717, 1.165) is 42.5 Å². The van der Waals surface area contributed by atoms with Crippen LogP contribution in [0.5, 0.6) is 0 Å². The van der Waals surface area contributed by atoms with Gasteiger partial charge in [-0.05, 0) is 75.3 Å². The zero-order valence-corrected chi connectivity index (χ0v) is 19.2. The molecule has 4 aliphatic rings. The number of hydrogen-bond donors (Lipinski definition) is 0. The number of hydrogen-bond acceptors (Lipinski definition) is 5. The van der Waals surface area contributed by atoms with Crippen LogP contribution in [-0.2, 0) is 11.3 Å². The van der Waals surface area contributed by atoms with Crippen molar-refractivity contribution in [1.82, 2.24) is 19.2 Å². The third-order valence-corrected chi connectivity index (χ3v) is 9.04. The lowest BCUT2D eigenvalue weighted by Gasteiger charge is -2.56. The summed E-state index contributed by atoms with van der Waals surface area (Å²) in [6.45, 7) is 6.17. The monoisotopic (exact) mass is 448 g/mol. The van der Waals surface area contributed by atoms with Crippen molar-refractivity contribution in [3.05, 3.63) is 47.3 Å². The largest absolute Gasteiger partial charge is 0.298 e. The molecular formula is C25H28N4O2S. The van der Waals surface area contributed by atoms with Crippen molar-refractivity contribution in [3.8, 4) is 0 Å². The van der Waals surface area contributed by atoms with Crippen molar-refractivity contribution in [2.75, 3.05) is 0 Å². The van der Waals surface area contributed by atoms with Gasteiger partial charge in [0.15, 0.2) is 10.9 Å². The molecule has 4 aliphatic carbocycles. The van der Waals surface area contributed by atoms with Gasteiger partial charge in [0, 0.05) is 12.0 Å². The van der Waals surface area contributed by atoms with E-state index in [2.05, 4.69) is 16.8 Å². The Balaban J connectivity index is 1.39. The van der Waals surface area contributed by atoms with E-state index in [1.54, 1.807) is 10.6 Å². The van der Waals surface area contributed by atoms with Gasteiger partial charge in [-0.15, -0.1) is 16.8 Å². The van der Waals surface area contributed by atoms with Crippen LogP contribution < -0.4 is 5.56 Å². The highest BCUT2D eigenvalue weighted by atomic mass is 32.2. The Morgan fingerprint density at radius 3 is 2.50 bits per heavy atom. The summed E-state index contributed by atoms with van der Waals surface area (Å²) < 4.78 is 3.52. The summed E-state index contributed by atoms with van der Waals surface area (Å²) in [5, 5.41) is 9.86. The molecule has 3 aromatic rings. The summed E-state index contributed by atoms with van der Waals surface area (Å²) in [5.74, 6) is 3.11. The van der Waals surface area contributed by atoms with Gasteiger partial charge in [0.05, 0.1) is 16.2 Å². The second-order valence-electron chi connectivity index (χ2n) is 10.2. The van der Waals surface area contributed by atoms with E-state index in [9.17, 15) is 9.59 Å². The second-order valence-corrected chi connectivity index (χ2v) is 11.5. The minimum absolute atomic E-state index is 0.102. The molecule has 32 heavy (non-hydrogen) atoms. The van der Waals surface area contributed by atoms with Crippen LogP contribution in [0.25, 0.3) is 16.7 Å². The zero-order valence-electron chi connectivity index (χ0n) is 18.4. The zero-order chi connectivity index (χ0) is 22.0. The number of ketones is 1. The van der Waals surface area contributed by atoms with Gasteiger partial charge in [0.25, 0.3) is 5.56 Å². The Morgan fingerprint density at radius 2 is 1.84 bits per heavy atom. The van der Waals surface area contributed by atoms with Gasteiger partial charge in [0.1, 0.15) is 0 Å². The topological polar surface area (TPSA) is 69.3 Å². The molecule has 0 amide bonds. The Morgan fingerprint density at radius 1 is 1.19 bits per heavy atom. The van der Waals surface area contributed by atoms with Gasteiger partial charge in [-0.1, -0.05) is 30.0 Å². The van der Waals surface area contributed by atoms with E-state index in [-0.39, 0.29) is 16.2 Å². The van der Waals surface area contributed by atoms with Crippen LogP contribution in [0.15, 0.2) is 46.9 Å². The minimum Gasteiger partial charge on any atom is -0.298 e. The molecule has 7 rings (SSSR count). The van der Waals surface area contributed by atoms with E-state index in [0.29, 0.717) is 28.6 Å². The summed E-state index contributed by atoms with van der Waals surface area (Å²) in [4.78, 5) is 26.8. The molecule has 0 aliphatic heterocycles. The van der Waals surface area contributed by atoms with Crippen LogP contribution in [0.2, 0.25) is 0 Å². The van der Waals surface area contributed by atoms with Crippen LogP contribution in [0, 0.1) is 23.2 Å². The Labute approximate surface area is 191 Å². The van der Waals surface area contributed by atoms with Gasteiger partial charge in [-0.2, -0.15) is 0 Å². The predicted octanol–water partition coefficient (Wildman–Crippen LogP) is 4.50. The van der Waals surface area contributed by atoms with Crippen molar-refractivity contribution in [3.63, 3.8) is 0 Å². The molecular weight excluding hydrogens is 420 g/mol. The molecule has 1 aromatic carbocycles. The first kappa shape index (κ1) is 20.2. The van der Waals surface area contributed by atoms with Crippen LogP contribution in [0.3, 0.4) is 0 Å². The number of benzene rings is 1. The second kappa shape index (κ2) is 7.30. The summed E-state index contributed by atoms with van der Waals surface area (Å²) in [5.41, 5.74) is 0.540. The average molecular weight is 449 g/mol. The molecule has 1 atom stereocenters. The van der Waals surface area contributed by atoms with Crippen LogP contribution in [0.1, 0.15) is 45.4 Å². The van der Waals surface area contributed by atoms with Crippen molar-refractivity contribution in [2.24, 2.45) is 23.2 Å². The van der Waals surface area contributed by atoms with Gasteiger partial charge in [-0.25, -0.2) is 0 Å². The van der Waals surface area contributed by atoms with E-state index in [1.807, 2.05) is 35.6 Å². The maximum atomic E-state index is 13.8. The third-order valence-electron chi connectivity index (χ3n) is 8.00. The van der Waals surface area contributed by atoms with Crippen molar-refractivity contribution < 1.29 is 4.79 Å². The number of thioether (sulfide) groups is 1. The van der Waals surface area contributed by atoms with Crippen molar-refractivity contribution >= 4 is 34.2 Å². The maximum absolute atomic E-state index is 13.8. The molecule has 7 heteroatoms. The van der Waals surface area contributed by atoms with Crippen LogP contribution >= 0.6 is 11.8 Å². The minimum atomic E-state index is -0.197. The highest BCUT2D eigenvalue weighted by Gasteiger charge is 2.55. The standard InChI is InChI=1S/C25H28N4O2S/c1-3-8-28-22(31)19-6-4-5-7-20(19)29-23(28)26-27-24(29)32-15(2)21(30)25-12-16-9-17(13-25)11-18(10-16)14-25/h3-7,15-18H,1,8-14H2,2H3. The first-order valence-electron chi connectivity index (χ1n) is 11.7. The van der Waals surface area contributed by atoms with Crippen molar-refractivity contribution in [1.29, 1.82) is 0 Å². The van der Waals surface area contributed by atoms with E-state index < -0.39 is 0 Å². The smallest absolute Gasteiger partial charge is 0.263 e. The number of aromatic nitrogens is 4. The molecule has 0 N–H and O–H groups in total.